The number of carboxylic acids is 1. The fraction of sp³-hybridized carbons (Fsp3) is 0.462. The van der Waals surface area contributed by atoms with Crippen LogP contribution in [0.1, 0.15) is 25.0 Å². The van der Waals surface area contributed by atoms with Gasteiger partial charge in [-0.2, -0.15) is 0 Å². The van der Waals surface area contributed by atoms with Gasteiger partial charge in [-0.1, -0.05) is 38.1 Å². The molecule has 17 heavy (non-hydrogen) atoms. The molecule has 94 valence electrons. The van der Waals surface area contributed by atoms with Crippen LogP contribution in [0.15, 0.2) is 24.3 Å². The molecule has 0 aromatic heterocycles. The maximum atomic E-state index is 10.6. The minimum atomic E-state index is -0.962. The molecule has 4 N–H and O–H groups in total. The number of aliphatic carboxylic acids is 1. The van der Waals surface area contributed by atoms with E-state index in [1.807, 2.05) is 24.3 Å². The third kappa shape index (κ3) is 4.97. The minimum Gasteiger partial charge on any atom is -0.480 e. The number of carboxylic acid groups (broad SMARTS) is 1. The van der Waals surface area contributed by atoms with Gasteiger partial charge in [0.1, 0.15) is 6.04 Å². The van der Waals surface area contributed by atoms with Crippen LogP contribution < -0.4 is 11.1 Å². The van der Waals surface area contributed by atoms with Gasteiger partial charge < -0.3 is 16.2 Å². The summed E-state index contributed by atoms with van der Waals surface area (Å²) in [5.74, 6) is -0.962. The van der Waals surface area contributed by atoms with E-state index in [0.29, 0.717) is 12.5 Å². The van der Waals surface area contributed by atoms with Crippen molar-refractivity contribution in [2.45, 2.75) is 38.9 Å². The van der Waals surface area contributed by atoms with Crippen molar-refractivity contribution in [1.29, 1.82) is 0 Å². The Labute approximate surface area is 102 Å². The minimum absolute atomic E-state index is 0.368. The van der Waals surface area contributed by atoms with Gasteiger partial charge in [-0.15, -0.1) is 0 Å². The van der Waals surface area contributed by atoms with Gasteiger partial charge in [0, 0.05) is 12.6 Å². The zero-order chi connectivity index (χ0) is 12.8. The maximum absolute atomic E-state index is 10.6. The summed E-state index contributed by atoms with van der Waals surface area (Å²) < 4.78 is 0. The van der Waals surface area contributed by atoms with E-state index in [4.69, 9.17) is 10.8 Å². The largest absolute Gasteiger partial charge is 0.480 e. The SMILES string of the molecule is CC(C)NCc1ccc(CC(N)C(=O)O)cc1. The Balaban J connectivity index is 2.53. The lowest BCUT2D eigenvalue weighted by atomic mass is 10.0. The molecule has 1 aromatic rings. The molecular formula is C13H20N2O2. The number of carbonyl (C=O) groups is 1. The summed E-state index contributed by atoms with van der Waals surface area (Å²) in [7, 11) is 0. The van der Waals surface area contributed by atoms with Gasteiger partial charge >= 0.3 is 5.97 Å². The van der Waals surface area contributed by atoms with Crippen molar-refractivity contribution >= 4 is 5.97 Å². The van der Waals surface area contributed by atoms with E-state index in [2.05, 4.69) is 19.2 Å². The molecule has 0 aliphatic heterocycles. The van der Waals surface area contributed by atoms with Gasteiger partial charge in [0.25, 0.3) is 0 Å². The number of hydrogen-bond donors (Lipinski definition) is 3. The highest BCUT2D eigenvalue weighted by Crippen LogP contribution is 2.06. The zero-order valence-electron chi connectivity index (χ0n) is 10.3. The Morgan fingerprint density at radius 1 is 1.29 bits per heavy atom. The first-order chi connectivity index (χ1) is 7.99. The zero-order valence-corrected chi connectivity index (χ0v) is 10.3. The fourth-order valence-corrected chi connectivity index (χ4v) is 1.46. The number of rotatable bonds is 6. The molecule has 1 unspecified atom stereocenters. The van der Waals surface area contributed by atoms with Gasteiger partial charge in [0.2, 0.25) is 0 Å². The lowest BCUT2D eigenvalue weighted by Gasteiger charge is -2.10. The standard InChI is InChI=1S/C13H20N2O2/c1-9(2)15-8-11-5-3-10(4-6-11)7-12(14)13(16)17/h3-6,9,12,15H,7-8,14H2,1-2H3,(H,16,17). The molecule has 4 heteroatoms. The first-order valence-electron chi connectivity index (χ1n) is 5.78. The molecule has 0 aliphatic rings. The first-order valence-corrected chi connectivity index (χ1v) is 5.78. The highest BCUT2D eigenvalue weighted by molar-refractivity contribution is 5.73. The van der Waals surface area contributed by atoms with Gasteiger partial charge in [-0.05, 0) is 17.5 Å². The maximum Gasteiger partial charge on any atom is 0.320 e. The van der Waals surface area contributed by atoms with Crippen molar-refractivity contribution in [2.75, 3.05) is 0 Å². The molecular weight excluding hydrogens is 216 g/mol. The third-order valence-electron chi connectivity index (χ3n) is 2.51. The van der Waals surface area contributed by atoms with Crippen molar-refractivity contribution in [3.05, 3.63) is 35.4 Å². The lowest BCUT2D eigenvalue weighted by molar-refractivity contribution is -0.138. The molecule has 0 radical (unpaired) electrons. The van der Waals surface area contributed by atoms with Crippen LogP contribution in [-0.2, 0) is 17.8 Å². The second kappa shape index (κ2) is 6.37. The van der Waals surface area contributed by atoms with E-state index in [9.17, 15) is 4.79 Å². The van der Waals surface area contributed by atoms with Crippen molar-refractivity contribution < 1.29 is 9.90 Å². The summed E-state index contributed by atoms with van der Waals surface area (Å²) in [5, 5.41) is 12.0. The highest BCUT2D eigenvalue weighted by Gasteiger charge is 2.11. The monoisotopic (exact) mass is 236 g/mol. The quantitative estimate of drug-likeness (QED) is 0.692. The smallest absolute Gasteiger partial charge is 0.320 e. The normalized spacial score (nSPS) is 12.7. The van der Waals surface area contributed by atoms with Crippen molar-refractivity contribution in [2.24, 2.45) is 5.73 Å². The highest BCUT2D eigenvalue weighted by atomic mass is 16.4. The van der Waals surface area contributed by atoms with Gasteiger partial charge in [-0.3, -0.25) is 4.79 Å². The van der Waals surface area contributed by atoms with E-state index in [0.717, 1.165) is 12.1 Å². The number of nitrogens with one attached hydrogen (secondary N) is 1. The molecule has 0 amide bonds. The van der Waals surface area contributed by atoms with Gasteiger partial charge in [0.15, 0.2) is 0 Å². The van der Waals surface area contributed by atoms with Crippen LogP contribution in [0.2, 0.25) is 0 Å². The Kier molecular flexibility index (Phi) is 5.12. The molecule has 1 rings (SSSR count). The van der Waals surface area contributed by atoms with Crippen molar-refractivity contribution in [1.82, 2.24) is 5.32 Å². The molecule has 0 saturated heterocycles. The van der Waals surface area contributed by atoms with Crippen LogP contribution in [0.5, 0.6) is 0 Å². The summed E-state index contributed by atoms with van der Waals surface area (Å²) in [6.07, 6.45) is 0.368. The van der Waals surface area contributed by atoms with Crippen LogP contribution in [-0.4, -0.2) is 23.2 Å². The summed E-state index contributed by atoms with van der Waals surface area (Å²) in [6, 6.07) is 7.49. The van der Waals surface area contributed by atoms with E-state index < -0.39 is 12.0 Å². The predicted molar refractivity (Wildman–Crippen MR) is 67.7 cm³/mol. The van der Waals surface area contributed by atoms with E-state index in [-0.39, 0.29) is 0 Å². The van der Waals surface area contributed by atoms with Crippen LogP contribution >= 0.6 is 0 Å². The average molecular weight is 236 g/mol. The predicted octanol–water partition coefficient (Wildman–Crippen LogP) is 1.14. The van der Waals surface area contributed by atoms with Gasteiger partial charge in [-0.25, -0.2) is 0 Å². The summed E-state index contributed by atoms with van der Waals surface area (Å²) >= 11 is 0. The second-order valence-corrected chi connectivity index (χ2v) is 4.50. The summed E-state index contributed by atoms with van der Waals surface area (Å²) in [6.45, 7) is 5.02. The number of nitrogens with two attached hydrogens (primary N) is 1. The van der Waals surface area contributed by atoms with Crippen molar-refractivity contribution in [3.8, 4) is 0 Å². The van der Waals surface area contributed by atoms with Crippen molar-refractivity contribution in [3.63, 3.8) is 0 Å². The summed E-state index contributed by atoms with van der Waals surface area (Å²) in [5.41, 5.74) is 7.61. The van der Waals surface area contributed by atoms with Crippen LogP contribution in [0.3, 0.4) is 0 Å². The molecule has 4 nitrogen and oxygen atoms in total. The molecule has 0 spiro atoms. The molecule has 0 aliphatic carbocycles. The Bertz CT molecular complexity index is 360. The summed E-state index contributed by atoms with van der Waals surface area (Å²) in [4.78, 5) is 10.6. The average Bonchev–Trinajstić information content (AvgIpc) is 2.28. The first kappa shape index (κ1) is 13.7. The number of benzene rings is 1. The van der Waals surface area contributed by atoms with Crippen LogP contribution in [0.25, 0.3) is 0 Å². The fourth-order valence-electron chi connectivity index (χ4n) is 1.46. The van der Waals surface area contributed by atoms with Crippen LogP contribution in [0, 0.1) is 0 Å². The Morgan fingerprint density at radius 2 is 1.82 bits per heavy atom. The van der Waals surface area contributed by atoms with E-state index in [1.54, 1.807) is 0 Å². The van der Waals surface area contributed by atoms with E-state index >= 15 is 0 Å². The molecule has 0 saturated carbocycles. The molecule has 0 heterocycles. The second-order valence-electron chi connectivity index (χ2n) is 4.50. The Morgan fingerprint density at radius 3 is 2.29 bits per heavy atom. The van der Waals surface area contributed by atoms with E-state index in [1.165, 1.54) is 5.56 Å². The van der Waals surface area contributed by atoms with Gasteiger partial charge in [0.05, 0.1) is 0 Å². The number of hydrogen-bond acceptors (Lipinski definition) is 3. The lowest BCUT2D eigenvalue weighted by Crippen LogP contribution is -2.32. The molecule has 0 bridgehead atoms. The molecule has 1 atom stereocenters. The third-order valence-corrected chi connectivity index (χ3v) is 2.51. The van der Waals surface area contributed by atoms with Crippen LogP contribution in [0.4, 0.5) is 0 Å². The Hall–Kier alpha value is -1.39. The molecule has 0 fully saturated rings. The topological polar surface area (TPSA) is 75.3 Å². The molecule has 1 aromatic carbocycles.